The second-order valence-corrected chi connectivity index (χ2v) is 21.0. The molecule has 14 aromatic rings. The van der Waals surface area contributed by atoms with Crippen LogP contribution in [-0.2, 0) is 0 Å². The molecule has 0 aliphatic heterocycles. The highest BCUT2D eigenvalue weighted by Gasteiger charge is 2.28. The summed E-state index contributed by atoms with van der Waals surface area (Å²) in [6.07, 6.45) is 0. The first-order chi connectivity index (χ1) is 39.4. The average molecular weight is 1030 g/mol. The molecule has 0 aliphatic carbocycles. The van der Waals surface area contributed by atoms with E-state index in [1.165, 1.54) is 0 Å². The van der Waals surface area contributed by atoms with Crippen LogP contribution in [-0.4, -0.2) is 0 Å². The van der Waals surface area contributed by atoms with Crippen molar-refractivity contribution in [2.75, 3.05) is 9.80 Å². The standard InChI is InChI=1S/C76H56N2O2/c1-49-45-57(46-50(2)71(49)77(67-41-19-17-33-59(67)53-25-9-5-10-26-53)69-43-23-39-65-63-37-21-35-61(73(63)79-75(65)69)55-29-13-7-14-30-55)58-47-51(3)72(52(4)48-58)78(68-42-20-18-34-60(68)54-27-11-6-12-28-54)70-44-24-40-66-64-38-22-36-62(74(64)80-76(66)70)56-31-15-8-16-32-56/h5-48H,1-4H3. The van der Waals surface area contributed by atoms with Crippen molar-refractivity contribution < 1.29 is 8.83 Å². The van der Waals surface area contributed by atoms with Gasteiger partial charge in [-0.05, 0) is 132 Å². The molecule has 382 valence electrons. The molecule has 0 fully saturated rings. The maximum Gasteiger partial charge on any atom is 0.159 e. The van der Waals surface area contributed by atoms with Crippen molar-refractivity contribution in [1.82, 2.24) is 0 Å². The minimum Gasteiger partial charge on any atom is -0.453 e. The van der Waals surface area contributed by atoms with E-state index in [0.717, 1.165) is 156 Å². The Morgan fingerprint density at radius 3 is 0.838 bits per heavy atom. The predicted molar refractivity (Wildman–Crippen MR) is 336 cm³/mol. The summed E-state index contributed by atoms with van der Waals surface area (Å²) >= 11 is 0. The van der Waals surface area contributed by atoms with Crippen LogP contribution in [0.2, 0.25) is 0 Å². The maximum atomic E-state index is 7.18. The van der Waals surface area contributed by atoms with Gasteiger partial charge < -0.3 is 18.6 Å². The van der Waals surface area contributed by atoms with Crippen LogP contribution in [0.1, 0.15) is 22.3 Å². The molecule has 14 rings (SSSR count). The summed E-state index contributed by atoms with van der Waals surface area (Å²) in [6, 6.07) is 95.6. The Balaban J connectivity index is 0.940. The molecule has 0 radical (unpaired) electrons. The van der Waals surface area contributed by atoms with Crippen LogP contribution >= 0.6 is 0 Å². The third-order valence-corrected chi connectivity index (χ3v) is 15.9. The van der Waals surface area contributed by atoms with Crippen molar-refractivity contribution in [3.05, 3.63) is 289 Å². The first-order valence-corrected chi connectivity index (χ1v) is 27.5. The molecule has 12 aromatic carbocycles. The van der Waals surface area contributed by atoms with E-state index in [1.54, 1.807) is 0 Å². The van der Waals surface area contributed by atoms with Gasteiger partial charge in [-0.25, -0.2) is 0 Å². The maximum absolute atomic E-state index is 7.18. The van der Waals surface area contributed by atoms with Crippen LogP contribution in [0.3, 0.4) is 0 Å². The Labute approximate surface area is 466 Å². The van der Waals surface area contributed by atoms with E-state index in [4.69, 9.17) is 8.83 Å². The minimum absolute atomic E-state index is 0.840. The first kappa shape index (κ1) is 48.2. The van der Waals surface area contributed by atoms with E-state index < -0.39 is 0 Å². The van der Waals surface area contributed by atoms with Crippen molar-refractivity contribution in [2.45, 2.75) is 27.7 Å². The van der Waals surface area contributed by atoms with Crippen LogP contribution in [0.4, 0.5) is 34.1 Å². The van der Waals surface area contributed by atoms with Crippen molar-refractivity contribution >= 4 is 78.0 Å². The molecular weight excluding hydrogens is 973 g/mol. The molecule has 4 heteroatoms. The quantitative estimate of drug-likeness (QED) is 0.129. The van der Waals surface area contributed by atoms with Gasteiger partial charge in [0.05, 0.1) is 34.1 Å². The lowest BCUT2D eigenvalue weighted by atomic mass is 9.93. The summed E-state index contributed by atoms with van der Waals surface area (Å²) in [6.45, 7) is 9.01. The molecule has 0 unspecified atom stereocenters. The number of aryl methyl sites for hydroxylation is 4. The molecule has 0 atom stereocenters. The third kappa shape index (κ3) is 8.24. The van der Waals surface area contributed by atoms with Gasteiger partial charge >= 0.3 is 0 Å². The zero-order valence-corrected chi connectivity index (χ0v) is 45.1. The van der Waals surface area contributed by atoms with Gasteiger partial charge in [-0.15, -0.1) is 0 Å². The van der Waals surface area contributed by atoms with Gasteiger partial charge in [-0.1, -0.05) is 218 Å². The van der Waals surface area contributed by atoms with Gasteiger partial charge in [0.15, 0.2) is 11.2 Å². The normalized spacial score (nSPS) is 11.5. The lowest BCUT2D eigenvalue weighted by molar-refractivity contribution is 0.670. The van der Waals surface area contributed by atoms with Crippen molar-refractivity contribution in [2.24, 2.45) is 0 Å². The SMILES string of the molecule is Cc1cc(-c2cc(C)c(N(c3ccccc3-c3ccccc3)c3cccc4c3oc3c(-c5ccccc5)cccc34)c(C)c2)cc(C)c1N(c1ccccc1-c1ccccc1)c1cccc2c1oc1c(-c3ccccc3)cccc12. The van der Waals surface area contributed by atoms with Gasteiger partial charge in [-0.2, -0.15) is 0 Å². The topological polar surface area (TPSA) is 32.8 Å². The third-order valence-electron chi connectivity index (χ3n) is 15.9. The van der Waals surface area contributed by atoms with Crippen LogP contribution < -0.4 is 9.80 Å². The molecular formula is C76H56N2O2. The number of hydrogen-bond acceptors (Lipinski definition) is 4. The van der Waals surface area contributed by atoms with Gasteiger partial charge in [-0.3, -0.25) is 0 Å². The average Bonchev–Trinajstić information content (AvgIpc) is 4.30. The summed E-state index contributed by atoms with van der Waals surface area (Å²) in [5.41, 5.74) is 25.5. The van der Waals surface area contributed by atoms with Gasteiger partial charge in [0.25, 0.3) is 0 Å². The molecule has 0 bridgehead atoms. The predicted octanol–water partition coefficient (Wildman–Crippen LogP) is 22.0. The molecule has 0 spiro atoms. The fourth-order valence-corrected chi connectivity index (χ4v) is 12.4. The summed E-state index contributed by atoms with van der Waals surface area (Å²) in [5, 5.41) is 4.32. The van der Waals surface area contributed by atoms with E-state index in [2.05, 4.69) is 304 Å². The summed E-state index contributed by atoms with van der Waals surface area (Å²) < 4.78 is 14.4. The number of fused-ring (bicyclic) bond motifs is 6. The monoisotopic (exact) mass is 1030 g/mol. The minimum atomic E-state index is 0.840. The second-order valence-electron chi connectivity index (χ2n) is 21.0. The molecule has 0 saturated heterocycles. The van der Waals surface area contributed by atoms with Gasteiger partial charge in [0.1, 0.15) is 11.2 Å². The largest absolute Gasteiger partial charge is 0.453 e. The Kier molecular flexibility index (Phi) is 12.1. The number of furan rings is 2. The lowest BCUT2D eigenvalue weighted by Gasteiger charge is -2.32. The van der Waals surface area contributed by atoms with Crippen molar-refractivity contribution in [3.8, 4) is 55.6 Å². The molecule has 0 saturated carbocycles. The number of rotatable bonds is 11. The number of hydrogen-bond donors (Lipinski definition) is 0. The van der Waals surface area contributed by atoms with E-state index in [-0.39, 0.29) is 0 Å². The summed E-state index contributed by atoms with van der Waals surface area (Å²) in [4.78, 5) is 4.87. The molecule has 2 heterocycles. The number of nitrogens with zero attached hydrogens (tertiary/aromatic N) is 2. The van der Waals surface area contributed by atoms with E-state index in [9.17, 15) is 0 Å². The van der Waals surface area contributed by atoms with E-state index in [0.29, 0.717) is 0 Å². The highest BCUT2D eigenvalue weighted by atomic mass is 16.3. The molecule has 2 aromatic heterocycles. The highest BCUT2D eigenvalue weighted by molar-refractivity contribution is 6.15. The van der Waals surface area contributed by atoms with E-state index >= 15 is 0 Å². The fourth-order valence-electron chi connectivity index (χ4n) is 12.4. The van der Waals surface area contributed by atoms with Gasteiger partial charge in [0, 0.05) is 43.8 Å². The zero-order valence-electron chi connectivity index (χ0n) is 45.1. The number of anilines is 6. The Morgan fingerprint density at radius 1 is 0.225 bits per heavy atom. The van der Waals surface area contributed by atoms with Crippen molar-refractivity contribution in [3.63, 3.8) is 0 Å². The Morgan fingerprint density at radius 2 is 0.487 bits per heavy atom. The van der Waals surface area contributed by atoms with Crippen LogP contribution in [0.15, 0.2) is 276 Å². The highest BCUT2D eigenvalue weighted by Crippen LogP contribution is 2.51. The zero-order chi connectivity index (χ0) is 53.8. The first-order valence-electron chi connectivity index (χ1n) is 27.5. The fraction of sp³-hybridized carbons (Fsp3) is 0.0526. The molecule has 0 N–H and O–H groups in total. The van der Waals surface area contributed by atoms with Gasteiger partial charge in [0.2, 0.25) is 0 Å². The smallest absolute Gasteiger partial charge is 0.159 e. The Bertz CT molecular complexity index is 4290. The number of para-hydroxylation sites is 6. The van der Waals surface area contributed by atoms with Crippen LogP contribution in [0.25, 0.3) is 99.5 Å². The van der Waals surface area contributed by atoms with Crippen LogP contribution in [0.5, 0.6) is 0 Å². The van der Waals surface area contributed by atoms with Crippen molar-refractivity contribution in [1.29, 1.82) is 0 Å². The number of benzene rings is 12. The summed E-state index contributed by atoms with van der Waals surface area (Å²) in [5.74, 6) is 0. The molecule has 0 aliphatic rings. The molecule has 80 heavy (non-hydrogen) atoms. The lowest BCUT2D eigenvalue weighted by Crippen LogP contribution is -2.15. The summed E-state index contributed by atoms with van der Waals surface area (Å²) in [7, 11) is 0. The molecule has 4 nitrogen and oxygen atoms in total. The second kappa shape index (κ2) is 20.0. The molecule has 0 amide bonds. The Hall–Kier alpha value is -10.2. The van der Waals surface area contributed by atoms with Crippen LogP contribution in [0, 0.1) is 27.7 Å². The van der Waals surface area contributed by atoms with E-state index in [1.807, 2.05) is 0 Å².